The zero-order chi connectivity index (χ0) is 13.9. The van der Waals surface area contributed by atoms with Crippen LogP contribution in [0.1, 0.15) is 33.1 Å². The molecule has 0 bridgehead atoms. The summed E-state index contributed by atoms with van der Waals surface area (Å²) in [4.78, 5) is 15.7. The summed E-state index contributed by atoms with van der Waals surface area (Å²) in [6, 6.07) is 0. The molecule has 1 rings (SSSR count). The van der Waals surface area contributed by atoms with E-state index in [1.807, 2.05) is 29.5 Å². The molecular formula is C15H25ClN2O2. The lowest BCUT2D eigenvalue weighted by Crippen LogP contribution is -2.30. The van der Waals surface area contributed by atoms with Crippen molar-refractivity contribution in [2.24, 2.45) is 0 Å². The Kier molecular flexibility index (Phi) is 10.6. The second kappa shape index (κ2) is 11.4. The van der Waals surface area contributed by atoms with E-state index in [2.05, 4.69) is 18.7 Å². The lowest BCUT2D eigenvalue weighted by Gasteiger charge is -2.19. The van der Waals surface area contributed by atoms with E-state index in [9.17, 15) is 4.79 Å². The van der Waals surface area contributed by atoms with Gasteiger partial charge in [-0.25, -0.2) is 4.79 Å². The molecule has 5 heteroatoms. The molecule has 0 unspecified atom stereocenters. The highest BCUT2D eigenvalue weighted by Gasteiger charge is 2.14. The van der Waals surface area contributed by atoms with Crippen molar-refractivity contribution in [2.45, 2.75) is 33.1 Å². The molecule has 0 aromatic heterocycles. The zero-order valence-corrected chi connectivity index (χ0v) is 13.1. The van der Waals surface area contributed by atoms with E-state index in [4.69, 9.17) is 4.74 Å². The van der Waals surface area contributed by atoms with Crippen LogP contribution in [0.3, 0.4) is 0 Å². The van der Waals surface area contributed by atoms with Crippen molar-refractivity contribution in [1.29, 1.82) is 0 Å². The molecule has 0 amide bonds. The van der Waals surface area contributed by atoms with E-state index >= 15 is 0 Å². The summed E-state index contributed by atoms with van der Waals surface area (Å²) in [5.74, 6) is -0.233. The minimum atomic E-state index is -0.233. The summed E-state index contributed by atoms with van der Waals surface area (Å²) in [6.45, 7) is 6.34. The van der Waals surface area contributed by atoms with E-state index in [1.54, 1.807) is 6.08 Å². The summed E-state index contributed by atoms with van der Waals surface area (Å²) in [5, 5.41) is 0. The van der Waals surface area contributed by atoms with Crippen molar-refractivity contribution in [1.82, 2.24) is 9.80 Å². The van der Waals surface area contributed by atoms with E-state index < -0.39 is 0 Å². The molecular weight excluding hydrogens is 276 g/mol. The molecule has 1 aliphatic rings. The molecule has 0 saturated heterocycles. The molecule has 1 aliphatic heterocycles. The minimum Gasteiger partial charge on any atom is -0.433 e. The maximum Gasteiger partial charge on any atom is 0.330 e. The normalized spacial score (nSPS) is 14.3. The molecule has 0 N–H and O–H groups in total. The second-order valence-electron chi connectivity index (χ2n) is 4.51. The van der Waals surface area contributed by atoms with Gasteiger partial charge in [0.05, 0.1) is 12.9 Å². The Bertz CT molecular complexity index is 354. The fourth-order valence-electron chi connectivity index (χ4n) is 1.70. The van der Waals surface area contributed by atoms with E-state index in [1.165, 1.54) is 19.1 Å². The van der Waals surface area contributed by atoms with E-state index in [0.717, 1.165) is 19.6 Å². The Morgan fingerprint density at radius 3 is 2.70 bits per heavy atom. The highest BCUT2D eigenvalue weighted by molar-refractivity contribution is 5.85. The quantitative estimate of drug-likeness (QED) is 0.391. The largest absolute Gasteiger partial charge is 0.433 e. The van der Waals surface area contributed by atoms with Gasteiger partial charge in [-0.15, -0.1) is 12.4 Å². The van der Waals surface area contributed by atoms with Crippen LogP contribution in [0, 0.1) is 0 Å². The van der Waals surface area contributed by atoms with Gasteiger partial charge in [0.1, 0.15) is 6.54 Å². The van der Waals surface area contributed by atoms with Crippen LogP contribution in [0.5, 0.6) is 0 Å². The molecule has 114 valence electrons. The lowest BCUT2D eigenvalue weighted by atomic mass is 10.3. The van der Waals surface area contributed by atoms with Crippen LogP contribution in [0.4, 0.5) is 0 Å². The van der Waals surface area contributed by atoms with Gasteiger partial charge in [-0.2, -0.15) is 0 Å². The number of hydrogen-bond acceptors (Lipinski definition) is 4. The summed E-state index contributed by atoms with van der Waals surface area (Å²) in [5.41, 5.74) is 0. The highest BCUT2D eigenvalue weighted by Crippen LogP contribution is 2.07. The number of nitrogens with zero attached hydrogens (tertiary/aromatic N) is 2. The van der Waals surface area contributed by atoms with Gasteiger partial charge in [0.15, 0.2) is 0 Å². The zero-order valence-electron chi connectivity index (χ0n) is 12.3. The number of halogens is 1. The first-order chi connectivity index (χ1) is 9.26. The maximum atomic E-state index is 11.6. The van der Waals surface area contributed by atoms with Crippen LogP contribution >= 0.6 is 12.4 Å². The van der Waals surface area contributed by atoms with Crippen LogP contribution in [0.2, 0.25) is 0 Å². The van der Waals surface area contributed by atoms with Crippen molar-refractivity contribution in [2.75, 3.05) is 19.8 Å². The number of carbonyl (C=O) groups excluding carboxylic acids is 1. The van der Waals surface area contributed by atoms with Crippen molar-refractivity contribution in [3.05, 3.63) is 36.9 Å². The fraction of sp³-hybridized carbons (Fsp3) is 0.533. The molecule has 0 aromatic carbocycles. The summed E-state index contributed by atoms with van der Waals surface area (Å²) < 4.78 is 5.00. The second-order valence-corrected chi connectivity index (χ2v) is 4.51. The van der Waals surface area contributed by atoms with Crippen molar-refractivity contribution in [3.8, 4) is 0 Å². The van der Waals surface area contributed by atoms with Crippen LogP contribution in [-0.4, -0.2) is 35.5 Å². The average Bonchev–Trinajstić information content (AvgIpc) is 2.83. The Labute approximate surface area is 128 Å². The topological polar surface area (TPSA) is 32.8 Å². The Morgan fingerprint density at radius 1 is 1.25 bits per heavy atom. The third kappa shape index (κ3) is 7.89. The number of hydrogen-bond donors (Lipinski definition) is 0. The van der Waals surface area contributed by atoms with Crippen LogP contribution in [0.15, 0.2) is 36.9 Å². The SMILES string of the molecule is CC/C=C/C=C/OC(=O)CN1C=CN(CCCC)C1.Cl. The molecule has 0 saturated carbocycles. The maximum absolute atomic E-state index is 11.6. The molecule has 4 nitrogen and oxygen atoms in total. The Balaban J connectivity index is 0.00000361. The summed E-state index contributed by atoms with van der Waals surface area (Å²) in [7, 11) is 0. The van der Waals surface area contributed by atoms with Gasteiger partial charge >= 0.3 is 5.97 Å². The minimum absolute atomic E-state index is 0. The van der Waals surface area contributed by atoms with Gasteiger partial charge in [0.25, 0.3) is 0 Å². The molecule has 0 radical (unpaired) electrons. The first kappa shape index (κ1) is 18.6. The van der Waals surface area contributed by atoms with Crippen LogP contribution < -0.4 is 0 Å². The van der Waals surface area contributed by atoms with Gasteiger partial charge in [-0.3, -0.25) is 0 Å². The number of rotatable bonds is 8. The Hall–Kier alpha value is -1.42. The van der Waals surface area contributed by atoms with E-state index in [0.29, 0.717) is 6.54 Å². The standard InChI is InChI=1S/C15H24N2O2.ClH/c1-3-5-7-8-12-19-15(18)13-17-11-10-16(14-17)9-6-4-2;/h5,7-8,10-12H,3-4,6,9,13-14H2,1-2H3;1H/b7-5+,12-8+;. The Morgan fingerprint density at radius 2 is 2.00 bits per heavy atom. The third-order valence-electron chi connectivity index (χ3n) is 2.74. The molecule has 1 heterocycles. The summed E-state index contributed by atoms with van der Waals surface area (Å²) >= 11 is 0. The highest BCUT2D eigenvalue weighted by atomic mass is 35.5. The van der Waals surface area contributed by atoms with Crippen molar-refractivity contribution >= 4 is 18.4 Å². The first-order valence-corrected chi connectivity index (χ1v) is 6.93. The summed E-state index contributed by atoms with van der Waals surface area (Å²) in [6.07, 6.45) is 14.3. The van der Waals surface area contributed by atoms with Gasteiger partial charge < -0.3 is 14.5 Å². The first-order valence-electron chi connectivity index (χ1n) is 6.93. The van der Waals surface area contributed by atoms with Crippen LogP contribution in [0.25, 0.3) is 0 Å². The van der Waals surface area contributed by atoms with E-state index in [-0.39, 0.29) is 18.4 Å². The number of unbranched alkanes of at least 4 members (excludes halogenated alkanes) is 1. The monoisotopic (exact) mass is 300 g/mol. The number of esters is 1. The molecule has 0 fully saturated rings. The average molecular weight is 301 g/mol. The van der Waals surface area contributed by atoms with Crippen molar-refractivity contribution in [3.63, 3.8) is 0 Å². The fourth-order valence-corrected chi connectivity index (χ4v) is 1.70. The van der Waals surface area contributed by atoms with Gasteiger partial charge in [0.2, 0.25) is 0 Å². The smallest absolute Gasteiger partial charge is 0.330 e. The van der Waals surface area contributed by atoms with Crippen molar-refractivity contribution < 1.29 is 9.53 Å². The van der Waals surface area contributed by atoms with Gasteiger partial charge in [-0.1, -0.05) is 32.4 Å². The van der Waals surface area contributed by atoms with Gasteiger partial charge in [-0.05, 0) is 18.9 Å². The molecule has 0 atom stereocenters. The predicted octanol–water partition coefficient (Wildman–Crippen LogP) is 3.28. The number of carbonyl (C=O) groups is 1. The predicted molar refractivity (Wildman–Crippen MR) is 84.2 cm³/mol. The molecule has 0 aliphatic carbocycles. The lowest BCUT2D eigenvalue weighted by molar-refractivity contribution is -0.138. The third-order valence-corrected chi connectivity index (χ3v) is 2.74. The number of allylic oxidation sites excluding steroid dienone is 3. The van der Waals surface area contributed by atoms with Crippen LogP contribution in [-0.2, 0) is 9.53 Å². The van der Waals surface area contributed by atoms with Gasteiger partial charge in [0, 0.05) is 18.9 Å². The molecule has 0 aromatic rings. The number of ether oxygens (including phenoxy) is 1. The molecule has 20 heavy (non-hydrogen) atoms. The molecule has 0 spiro atoms.